The van der Waals surface area contributed by atoms with Gasteiger partial charge in [-0.15, -0.1) is 0 Å². The zero-order valence-electron chi connectivity index (χ0n) is 12.5. The van der Waals surface area contributed by atoms with Crippen LogP contribution in [0.1, 0.15) is 31.2 Å². The maximum absolute atomic E-state index is 12.9. The van der Waals surface area contributed by atoms with Gasteiger partial charge in [-0.3, -0.25) is 9.59 Å². The lowest BCUT2D eigenvalue weighted by Crippen LogP contribution is -2.46. The van der Waals surface area contributed by atoms with E-state index in [9.17, 15) is 19.1 Å². The normalized spacial score (nSPS) is 30.9. The maximum atomic E-state index is 12.9. The summed E-state index contributed by atoms with van der Waals surface area (Å²) in [7, 11) is 0. The molecule has 1 aliphatic carbocycles. The van der Waals surface area contributed by atoms with Crippen molar-refractivity contribution >= 4 is 11.9 Å². The van der Waals surface area contributed by atoms with Crippen LogP contribution in [-0.2, 0) is 9.59 Å². The van der Waals surface area contributed by atoms with Crippen molar-refractivity contribution in [2.45, 2.75) is 25.7 Å². The summed E-state index contributed by atoms with van der Waals surface area (Å²) >= 11 is 0. The number of carboxylic acids is 1. The standard InChI is InChI=1S/C17H20FNO3/c1-10-6-12(17(21)22)9-19(8-10)16(20)15-7-14(15)11-2-4-13(18)5-3-11/h2-5,10,12,14-15H,6-9H2,1H3,(H,21,22). The van der Waals surface area contributed by atoms with Crippen LogP contribution in [0, 0.1) is 23.6 Å². The third-order valence-electron chi connectivity index (χ3n) is 4.73. The Bertz CT molecular complexity index is 586. The first-order valence-electron chi connectivity index (χ1n) is 7.72. The summed E-state index contributed by atoms with van der Waals surface area (Å²) < 4.78 is 12.9. The summed E-state index contributed by atoms with van der Waals surface area (Å²) in [5.74, 6) is -1.24. The van der Waals surface area contributed by atoms with Crippen molar-refractivity contribution in [2.75, 3.05) is 13.1 Å². The van der Waals surface area contributed by atoms with Gasteiger partial charge in [0.25, 0.3) is 0 Å². The molecule has 2 fully saturated rings. The minimum Gasteiger partial charge on any atom is -0.481 e. The highest BCUT2D eigenvalue weighted by atomic mass is 19.1. The predicted octanol–water partition coefficient (Wildman–Crippen LogP) is 2.50. The molecular formula is C17H20FNO3. The number of hydrogen-bond acceptors (Lipinski definition) is 2. The van der Waals surface area contributed by atoms with E-state index in [1.807, 2.05) is 6.92 Å². The van der Waals surface area contributed by atoms with Crippen molar-refractivity contribution in [1.82, 2.24) is 4.90 Å². The van der Waals surface area contributed by atoms with E-state index in [2.05, 4.69) is 0 Å². The number of benzene rings is 1. The SMILES string of the molecule is CC1CC(C(=O)O)CN(C(=O)C2CC2c2ccc(F)cc2)C1. The molecule has 2 aliphatic rings. The lowest BCUT2D eigenvalue weighted by Gasteiger charge is -2.35. The average Bonchev–Trinajstić information content (AvgIpc) is 3.27. The van der Waals surface area contributed by atoms with Gasteiger partial charge in [0.1, 0.15) is 5.82 Å². The molecule has 5 heteroatoms. The number of aliphatic carboxylic acids is 1. The number of amides is 1. The van der Waals surface area contributed by atoms with Crippen LogP contribution in [0.5, 0.6) is 0 Å². The number of likely N-dealkylation sites (tertiary alicyclic amines) is 1. The molecule has 0 radical (unpaired) electrons. The molecule has 1 amide bonds. The summed E-state index contributed by atoms with van der Waals surface area (Å²) in [6, 6.07) is 6.29. The predicted molar refractivity (Wildman–Crippen MR) is 78.7 cm³/mol. The van der Waals surface area contributed by atoms with Gasteiger partial charge in [-0.05, 0) is 42.4 Å². The Balaban J connectivity index is 1.65. The van der Waals surface area contributed by atoms with Gasteiger partial charge >= 0.3 is 5.97 Å². The van der Waals surface area contributed by atoms with Gasteiger partial charge in [0.15, 0.2) is 0 Å². The Hall–Kier alpha value is -1.91. The first-order valence-corrected chi connectivity index (χ1v) is 7.72. The molecule has 22 heavy (non-hydrogen) atoms. The minimum atomic E-state index is -0.824. The number of hydrogen-bond donors (Lipinski definition) is 1. The van der Waals surface area contributed by atoms with E-state index in [1.54, 1.807) is 17.0 Å². The highest BCUT2D eigenvalue weighted by molar-refractivity contribution is 5.84. The number of carboxylic acid groups (broad SMARTS) is 1. The van der Waals surface area contributed by atoms with E-state index < -0.39 is 11.9 Å². The van der Waals surface area contributed by atoms with E-state index in [1.165, 1.54) is 12.1 Å². The number of carbonyl (C=O) groups excluding carboxylic acids is 1. The highest BCUT2D eigenvalue weighted by Crippen LogP contribution is 2.48. The largest absolute Gasteiger partial charge is 0.481 e. The van der Waals surface area contributed by atoms with Crippen LogP contribution in [0.25, 0.3) is 0 Å². The van der Waals surface area contributed by atoms with Crippen LogP contribution in [0.15, 0.2) is 24.3 Å². The zero-order chi connectivity index (χ0) is 15.9. The number of halogens is 1. The number of nitrogens with zero attached hydrogens (tertiary/aromatic N) is 1. The molecule has 1 saturated heterocycles. The fraction of sp³-hybridized carbons (Fsp3) is 0.529. The Morgan fingerprint density at radius 2 is 1.86 bits per heavy atom. The lowest BCUT2D eigenvalue weighted by atomic mass is 9.90. The Kier molecular flexibility index (Phi) is 3.89. The third-order valence-corrected chi connectivity index (χ3v) is 4.73. The molecule has 1 aromatic carbocycles. The van der Waals surface area contributed by atoms with Gasteiger partial charge in [0, 0.05) is 19.0 Å². The molecule has 3 rings (SSSR count). The monoisotopic (exact) mass is 305 g/mol. The second-order valence-electron chi connectivity index (χ2n) is 6.62. The van der Waals surface area contributed by atoms with Crippen molar-refractivity contribution < 1.29 is 19.1 Å². The summed E-state index contributed by atoms with van der Waals surface area (Å²) in [6.07, 6.45) is 1.40. The van der Waals surface area contributed by atoms with Crippen molar-refractivity contribution in [2.24, 2.45) is 17.8 Å². The van der Waals surface area contributed by atoms with Crippen molar-refractivity contribution in [3.8, 4) is 0 Å². The average molecular weight is 305 g/mol. The zero-order valence-corrected chi connectivity index (χ0v) is 12.5. The second kappa shape index (κ2) is 5.71. The molecule has 0 bridgehead atoms. The van der Waals surface area contributed by atoms with Crippen LogP contribution < -0.4 is 0 Å². The molecule has 1 saturated carbocycles. The molecule has 118 valence electrons. The Labute approximate surface area is 128 Å². The van der Waals surface area contributed by atoms with E-state index in [0.717, 1.165) is 12.0 Å². The second-order valence-corrected chi connectivity index (χ2v) is 6.62. The van der Waals surface area contributed by atoms with Gasteiger partial charge in [-0.1, -0.05) is 19.1 Å². The summed E-state index contributed by atoms with van der Waals surface area (Å²) in [6.45, 7) is 2.93. The molecule has 1 aliphatic heterocycles. The van der Waals surface area contributed by atoms with Gasteiger partial charge in [0.2, 0.25) is 5.91 Å². The van der Waals surface area contributed by atoms with Crippen LogP contribution in [0.4, 0.5) is 4.39 Å². The third kappa shape index (κ3) is 2.98. The van der Waals surface area contributed by atoms with Crippen LogP contribution >= 0.6 is 0 Å². The van der Waals surface area contributed by atoms with Gasteiger partial charge < -0.3 is 10.0 Å². The van der Waals surface area contributed by atoms with Crippen LogP contribution in [-0.4, -0.2) is 35.0 Å². The first-order chi connectivity index (χ1) is 10.5. The molecule has 1 N–H and O–H groups in total. The fourth-order valence-corrected chi connectivity index (χ4v) is 3.49. The molecule has 4 nitrogen and oxygen atoms in total. The smallest absolute Gasteiger partial charge is 0.308 e. The molecule has 0 aromatic heterocycles. The fourth-order valence-electron chi connectivity index (χ4n) is 3.49. The maximum Gasteiger partial charge on any atom is 0.308 e. The molecule has 0 spiro atoms. The van der Waals surface area contributed by atoms with Crippen molar-refractivity contribution in [1.29, 1.82) is 0 Å². The molecule has 1 heterocycles. The highest BCUT2D eigenvalue weighted by Gasteiger charge is 2.47. The minimum absolute atomic E-state index is 0.0483. The van der Waals surface area contributed by atoms with E-state index in [-0.39, 0.29) is 29.5 Å². The van der Waals surface area contributed by atoms with Crippen molar-refractivity contribution in [3.05, 3.63) is 35.6 Å². The number of carbonyl (C=O) groups is 2. The van der Waals surface area contributed by atoms with Crippen LogP contribution in [0.2, 0.25) is 0 Å². The van der Waals surface area contributed by atoms with E-state index in [4.69, 9.17) is 0 Å². The topological polar surface area (TPSA) is 57.6 Å². The molecule has 4 atom stereocenters. The van der Waals surface area contributed by atoms with Crippen molar-refractivity contribution in [3.63, 3.8) is 0 Å². The van der Waals surface area contributed by atoms with E-state index >= 15 is 0 Å². The summed E-state index contributed by atoms with van der Waals surface area (Å²) in [5.41, 5.74) is 0.986. The van der Waals surface area contributed by atoms with Gasteiger partial charge in [-0.2, -0.15) is 0 Å². The molecule has 4 unspecified atom stereocenters. The Morgan fingerprint density at radius 3 is 2.50 bits per heavy atom. The molecular weight excluding hydrogens is 285 g/mol. The molecule has 1 aromatic rings. The first kappa shape index (κ1) is 15.0. The summed E-state index contributed by atoms with van der Waals surface area (Å²) in [5, 5.41) is 9.19. The quantitative estimate of drug-likeness (QED) is 0.933. The summed E-state index contributed by atoms with van der Waals surface area (Å²) in [4.78, 5) is 25.5. The lowest BCUT2D eigenvalue weighted by molar-refractivity contribution is -0.147. The van der Waals surface area contributed by atoms with E-state index in [0.29, 0.717) is 19.5 Å². The Morgan fingerprint density at radius 1 is 1.18 bits per heavy atom. The van der Waals surface area contributed by atoms with Gasteiger partial charge in [-0.25, -0.2) is 4.39 Å². The number of rotatable bonds is 3. The van der Waals surface area contributed by atoms with Crippen LogP contribution in [0.3, 0.4) is 0 Å². The number of piperidine rings is 1. The van der Waals surface area contributed by atoms with Gasteiger partial charge in [0.05, 0.1) is 5.92 Å².